The molecule has 3 aromatic carbocycles. The Morgan fingerprint density at radius 1 is 1.05 bits per heavy atom. The summed E-state index contributed by atoms with van der Waals surface area (Å²) in [5, 5.41) is 6.39. The fourth-order valence-corrected chi connectivity index (χ4v) is 8.45. The van der Waals surface area contributed by atoms with Crippen LogP contribution in [0.1, 0.15) is 66.2 Å². The number of hydrogen-bond acceptors (Lipinski definition) is 6. The molecule has 6 rings (SSSR count). The second-order valence-corrected chi connectivity index (χ2v) is 14.3. The molecule has 3 aliphatic rings. The van der Waals surface area contributed by atoms with Crippen molar-refractivity contribution in [1.82, 2.24) is 9.62 Å². The molecule has 3 unspecified atom stereocenters. The molecule has 0 radical (unpaired) electrons. The maximum absolute atomic E-state index is 15.2. The summed E-state index contributed by atoms with van der Waals surface area (Å²) in [6, 6.07) is 17.7. The van der Waals surface area contributed by atoms with Crippen LogP contribution in [-0.2, 0) is 11.2 Å². The first-order valence-electron chi connectivity index (χ1n) is 15.1. The highest BCUT2D eigenvalue weighted by molar-refractivity contribution is 8.22. The molecular formula is C33H40F2N4O3S. The fourth-order valence-electron chi connectivity index (χ4n) is 6.58. The lowest BCUT2D eigenvalue weighted by Gasteiger charge is -2.49. The van der Waals surface area contributed by atoms with Crippen LogP contribution in [0.15, 0.2) is 66.7 Å². The molecule has 3 fully saturated rings. The van der Waals surface area contributed by atoms with Gasteiger partial charge in [0.1, 0.15) is 11.6 Å². The zero-order valence-corrected chi connectivity index (χ0v) is 24.9. The molecule has 6 N–H and O–H groups in total. The molecule has 0 spiro atoms. The van der Waals surface area contributed by atoms with Crippen LogP contribution in [0.4, 0.5) is 14.5 Å². The summed E-state index contributed by atoms with van der Waals surface area (Å²) < 4.78 is 52.5. The number of fused-ring (bicyclic) bond motifs is 2. The SMILES string of the molecule is N[C@H](C(=O)Nc1cccc(F)c1CCC1CNC2CCCS(O)(O)N1C2)[C@@H](c1ccc(F)cc1)c1cccc(C2CC2)c1. The van der Waals surface area contributed by atoms with Crippen LogP contribution in [0.3, 0.4) is 0 Å². The molecule has 230 valence electrons. The standard InChI is InChI=1S/C33H40F2N4O3S/c34-25-13-11-22(12-14-25)31(24-5-1-4-23(18-24)21-9-10-21)32(36)33(40)38-30-8-2-7-29(35)28(30)16-15-27-19-37-26-6-3-17-43(41,42)39(27)20-26/h1-2,4-5,7-8,11-14,18,21,26-27,31-32,37,41-42H,3,6,9-10,15-17,19-20,36H2,(H,38,40)/t26?,27?,31-,32-/m0/s1. The molecule has 2 saturated heterocycles. The van der Waals surface area contributed by atoms with E-state index in [0.717, 1.165) is 36.8 Å². The van der Waals surface area contributed by atoms with Crippen molar-refractivity contribution in [2.75, 3.05) is 24.2 Å². The van der Waals surface area contributed by atoms with Crippen molar-refractivity contribution < 1.29 is 22.7 Å². The minimum absolute atomic E-state index is 0.175. The van der Waals surface area contributed by atoms with Gasteiger partial charge in [0, 0.05) is 42.3 Å². The van der Waals surface area contributed by atoms with Crippen molar-refractivity contribution in [2.24, 2.45) is 5.73 Å². The fraction of sp³-hybridized carbons (Fsp3) is 0.424. The van der Waals surface area contributed by atoms with E-state index < -0.39 is 34.5 Å². The molecule has 0 aromatic heterocycles. The van der Waals surface area contributed by atoms with Crippen LogP contribution in [0.2, 0.25) is 0 Å². The van der Waals surface area contributed by atoms with Crippen molar-refractivity contribution in [3.8, 4) is 0 Å². The Morgan fingerprint density at radius 3 is 2.58 bits per heavy atom. The molecule has 7 nitrogen and oxygen atoms in total. The van der Waals surface area contributed by atoms with E-state index in [1.807, 2.05) is 12.1 Å². The zero-order valence-electron chi connectivity index (χ0n) is 24.1. The van der Waals surface area contributed by atoms with E-state index >= 15 is 4.39 Å². The Bertz CT molecular complexity index is 1450. The molecule has 2 heterocycles. The van der Waals surface area contributed by atoms with E-state index in [-0.39, 0.29) is 17.9 Å². The number of nitrogens with one attached hydrogen (secondary N) is 2. The Hall–Kier alpha value is -2.86. The Balaban J connectivity index is 1.22. The summed E-state index contributed by atoms with van der Waals surface area (Å²) in [7, 11) is -2.88. The van der Waals surface area contributed by atoms with Gasteiger partial charge in [0.15, 0.2) is 0 Å². The van der Waals surface area contributed by atoms with Crippen LogP contribution in [0.25, 0.3) is 0 Å². The summed E-state index contributed by atoms with van der Waals surface area (Å²) in [5.41, 5.74) is 10.2. The molecule has 5 atom stereocenters. The number of nitrogens with zero attached hydrogens (tertiary/aromatic N) is 1. The number of carbonyl (C=O) groups excluding carboxylic acids is 1. The highest BCUT2D eigenvalue weighted by atomic mass is 32.3. The van der Waals surface area contributed by atoms with Gasteiger partial charge in [0.25, 0.3) is 0 Å². The minimum atomic E-state index is -2.88. The maximum Gasteiger partial charge on any atom is 0.242 e. The predicted octanol–water partition coefficient (Wildman–Crippen LogP) is 5.97. The van der Waals surface area contributed by atoms with E-state index in [4.69, 9.17) is 5.73 Å². The van der Waals surface area contributed by atoms with E-state index in [1.165, 1.54) is 23.8 Å². The monoisotopic (exact) mass is 610 g/mol. The highest BCUT2D eigenvalue weighted by Gasteiger charge is 2.38. The largest absolute Gasteiger partial charge is 0.324 e. The third-order valence-electron chi connectivity index (χ3n) is 9.11. The number of piperazine rings is 1. The van der Waals surface area contributed by atoms with Crippen molar-refractivity contribution in [3.63, 3.8) is 0 Å². The average molecular weight is 611 g/mol. The molecule has 1 saturated carbocycles. The van der Waals surface area contributed by atoms with Crippen LogP contribution >= 0.6 is 10.8 Å². The van der Waals surface area contributed by atoms with Crippen molar-refractivity contribution in [3.05, 3.63) is 101 Å². The molecule has 1 aliphatic carbocycles. The second-order valence-electron chi connectivity index (χ2n) is 12.1. The molecule has 2 aliphatic heterocycles. The first kappa shape index (κ1) is 30.2. The Labute approximate surface area is 253 Å². The molecular weight excluding hydrogens is 570 g/mol. The lowest BCUT2D eigenvalue weighted by Crippen LogP contribution is -2.55. The number of carbonyl (C=O) groups is 1. The van der Waals surface area contributed by atoms with Crippen LogP contribution in [0.5, 0.6) is 0 Å². The van der Waals surface area contributed by atoms with Crippen molar-refractivity contribution >= 4 is 22.4 Å². The first-order valence-corrected chi connectivity index (χ1v) is 16.8. The molecule has 1 amide bonds. The van der Waals surface area contributed by atoms with Gasteiger partial charge in [0.2, 0.25) is 5.91 Å². The number of anilines is 1. The lowest BCUT2D eigenvalue weighted by atomic mass is 9.84. The van der Waals surface area contributed by atoms with Gasteiger partial charge in [-0.2, -0.15) is 0 Å². The summed E-state index contributed by atoms with van der Waals surface area (Å²) in [6.45, 7) is 1.14. The Morgan fingerprint density at radius 2 is 1.81 bits per heavy atom. The number of rotatable bonds is 9. The van der Waals surface area contributed by atoms with E-state index in [2.05, 4.69) is 22.8 Å². The molecule has 10 heteroatoms. The number of amides is 1. The van der Waals surface area contributed by atoms with E-state index in [9.17, 15) is 18.3 Å². The number of hydrogen-bond donors (Lipinski definition) is 5. The maximum atomic E-state index is 15.2. The third kappa shape index (κ3) is 6.79. The topological polar surface area (TPSA) is 111 Å². The summed E-state index contributed by atoms with van der Waals surface area (Å²) in [4.78, 5) is 13.7. The second kappa shape index (κ2) is 12.6. The summed E-state index contributed by atoms with van der Waals surface area (Å²) in [6.07, 6.45) is 4.69. The number of nitrogens with two attached hydrogens (primary N) is 1. The van der Waals surface area contributed by atoms with Gasteiger partial charge in [-0.15, -0.1) is 10.8 Å². The van der Waals surface area contributed by atoms with Gasteiger partial charge in [-0.3, -0.25) is 13.9 Å². The van der Waals surface area contributed by atoms with E-state index in [1.54, 1.807) is 28.6 Å². The summed E-state index contributed by atoms with van der Waals surface area (Å²) >= 11 is 0. The first-order chi connectivity index (χ1) is 20.7. The van der Waals surface area contributed by atoms with Gasteiger partial charge in [-0.1, -0.05) is 42.5 Å². The lowest BCUT2D eigenvalue weighted by molar-refractivity contribution is -0.117. The smallest absolute Gasteiger partial charge is 0.242 e. The van der Waals surface area contributed by atoms with Crippen molar-refractivity contribution in [1.29, 1.82) is 0 Å². The zero-order chi connectivity index (χ0) is 30.1. The third-order valence-corrected chi connectivity index (χ3v) is 11.1. The predicted molar refractivity (Wildman–Crippen MR) is 167 cm³/mol. The Kier molecular flexibility index (Phi) is 8.86. The number of halogens is 2. The van der Waals surface area contributed by atoms with Crippen molar-refractivity contribution in [2.45, 2.75) is 68.5 Å². The quantitative estimate of drug-likeness (QED) is 0.204. The molecule has 43 heavy (non-hydrogen) atoms. The van der Waals surface area contributed by atoms with Gasteiger partial charge < -0.3 is 16.4 Å². The average Bonchev–Trinajstić information content (AvgIpc) is 3.85. The van der Waals surface area contributed by atoms with E-state index in [0.29, 0.717) is 48.9 Å². The van der Waals surface area contributed by atoms with Crippen LogP contribution in [0, 0.1) is 11.6 Å². The number of benzene rings is 3. The highest BCUT2D eigenvalue weighted by Crippen LogP contribution is 2.49. The van der Waals surface area contributed by atoms with Crippen LogP contribution < -0.4 is 16.4 Å². The van der Waals surface area contributed by atoms with Gasteiger partial charge in [-0.25, -0.2) is 13.1 Å². The molecule has 3 aromatic rings. The summed E-state index contributed by atoms with van der Waals surface area (Å²) in [5.74, 6) is -0.965. The van der Waals surface area contributed by atoms with Gasteiger partial charge in [-0.05, 0) is 85.4 Å². The normalized spacial score (nSPS) is 25.3. The van der Waals surface area contributed by atoms with Gasteiger partial charge in [0.05, 0.1) is 11.8 Å². The van der Waals surface area contributed by atoms with Gasteiger partial charge >= 0.3 is 0 Å². The minimum Gasteiger partial charge on any atom is -0.324 e. The van der Waals surface area contributed by atoms with Crippen LogP contribution in [-0.4, -0.2) is 56.3 Å². The molecule has 2 bridgehead atoms.